The Bertz CT molecular complexity index is 411. The molecule has 0 amide bonds. The first-order chi connectivity index (χ1) is 7.34. The lowest BCUT2D eigenvalue weighted by Crippen LogP contribution is -2.02. The normalized spacial score (nSPS) is 10.4. The van der Waals surface area contributed by atoms with Crippen molar-refractivity contribution in [2.24, 2.45) is 0 Å². The molecule has 0 fully saturated rings. The van der Waals surface area contributed by atoms with Gasteiger partial charge in [0.1, 0.15) is 6.73 Å². The molecule has 4 nitrogen and oxygen atoms in total. The van der Waals surface area contributed by atoms with E-state index in [2.05, 4.69) is 5.10 Å². The first kappa shape index (κ1) is 9.73. The molecule has 0 aliphatic heterocycles. The van der Waals surface area contributed by atoms with Gasteiger partial charge in [-0.25, -0.2) is 4.68 Å². The summed E-state index contributed by atoms with van der Waals surface area (Å²) in [5, 5.41) is 4.01. The third-order valence-corrected chi connectivity index (χ3v) is 1.99. The standard InChI is InChI=1S/C11H13N3O/c12-11-6-13-14(7-11)9-15-8-10-4-2-1-3-5-10/h1-7H,8-9,12H2. The summed E-state index contributed by atoms with van der Waals surface area (Å²) in [7, 11) is 0. The van der Waals surface area contributed by atoms with Crippen molar-refractivity contribution in [3.05, 3.63) is 48.3 Å². The lowest BCUT2D eigenvalue weighted by atomic mass is 10.2. The topological polar surface area (TPSA) is 53.1 Å². The maximum absolute atomic E-state index is 5.52. The first-order valence-corrected chi connectivity index (χ1v) is 4.74. The van der Waals surface area contributed by atoms with Gasteiger partial charge in [0, 0.05) is 0 Å². The quantitative estimate of drug-likeness (QED) is 0.821. The molecule has 1 aromatic carbocycles. The van der Waals surface area contributed by atoms with Gasteiger partial charge in [-0.3, -0.25) is 0 Å². The summed E-state index contributed by atoms with van der Waals surface area (Å²) < 4.78 is 7.13. The van der Waals surface area contributed by atoms with E-state index in [1.54, 1.807) is 17.1 Å². The average molecular weight is 203 g/mol. The maximum Gasteiger partial charge on any atom is 0.139 e. The highest BCUT2D eigenvalue weighted by Gasteiger charge is 1.95. The van der Waals surface area contributed by atoms with Crippen LogP contribution in [0.4, 0.5) is 5.69 Å². The zero-order valence-corrected chi connectivity index (χ0v) is 8.34. The van der Waals surface area contributed by atoms with Gasteiger partial charge in [0.15, 0.2) is 0 Å². The van der Waals surface area contributed by atoms with Crippen LogP contribution in [0.2, 0.25) is 0 Å². The molecule has 0 spiro atoms. The fourth-order valence-corrected chi connectivity index (χ4v) is 1.28. The van der Waals surface area contributed by atoms with Crippen LogP contribution in [-0.4, -0.2) is 9.78 Å². The van der Waals surface area contributed by atoms with Crippen LogP contribution in [-0.2, 0) is 18.1 Å². The molecular weight excluding hydrogens is 190 g/mol. The summed E-state index contributed by atoms with van der Waals surface area (Å²) in [4.78, 5) is 0. The van der Waals surface area contributed by atoms with E-state index in [0.717, 1.165) is 5.56 Å². The van der Waals surface area contributed by atoms with Crippen molar-refractivity contribution in [3.8, 4) is 0 Å². The molecule has 78 valence electrons. The minimum atomic E-state index is 0.423. The van der Waals surface area contributed by atoms with E-state index in [-0.39, 0.29) is 0 Å². The van der Waals surface area contributed by atoms with Crippen molar-refractivity contribution in [2.75, 3.05) is 5.73 Å². The van der Waals surface area contributed by atoms with Crippen molar-refractivity contribution in [3.63, 3.8) is 0 Å². The number of nitrogens with two attached hydrogens (primary N) is 1. The number of aromatic nitrogens is 2. The molecule has 4 heteroatoms. The van der Waals surface area contributed by atoms with E-state index in [0.29, 0.717) is 19.0 Å². The molecular formula is C11H13N3O. The summed E-state index contributed by atoms with van der Waals surface area (Å²) in [5.74, 6) is 0. The molecule has 0 aliphatic carbocycles. The molecule has 0 aliphatic rings. The van der Waals surface area contributed by atoms with Crippen LogP contribution in [0.1, 0.15) is 5.56 Å². The van der Waals surface area contributed by atoms with Gasteiger partial charge in [-0.2, -0.15) is 5.10 Å². The molecule has 0 atom stereocenters. The predicted octanol–water partition coefficient (Wildman–Crippen LogP) is 1.64. The average Bonchev–Trinajstić information content (AvgIpc) is 2.66. The Morgan fingerprint density at radius 1 is 1.27 bits per heavy atom. The number of hydrogen-bond acceptors (Lipinski definition) is 3. The van der Waals surface area contributed by atoms with E-state index in [4.69, 9.17) is 10.5 Å². The van der Waals surface area contributed by atoms with Crippen LogP contribution >= 0.6 is 0 Å². The third-order valence-electron chi connectivity index (χ3n) is 1.99. The Kier molecular flexibility index (Phi) is 2.99. The Morgan fingerprint density at radius 2 is 2.07 bits per heavy atom. The van der Waals surface area contributed by atoms with Gasteiger partial charge in [0.05, 0.1) is 24.7 Å². The maximum atomic E-state index is 5.52. The largest absolute Gasteiger partial charge is 0.396 e. The van der Waals surface area contributed by atoms with Crippen molar-refractivity contribution in [1.82, 2.24) is 9.78 Å². The molecule has 1 aromatic heterocycles. The SMILES string of the molecule is Nc1cnn(COCc2ccccc2)c1. The number of nitrogen functional groups attached to an aromatic ring is 1. The minimum absolute atomic E-state index is 0.423. The molecule has 2 rings (SSSR count). The van der Waals surface area contributed by atoms with Gasteiger partial charge in [-0.1, -0.05) is 30.3 Å². The van der Waals surface area contributed by atoms with Crippen molar-refractivity contribution < 1.29 is 4.74 Å². The summed E-state index contributed by atoms with van der Waals surface area (Å²) in [6.07, 6.45) is 3.34. The van der Waals surface area contributed by atoms with Gasteiger partial charge in [0.25, 0.3) is 0 Å². The molecule has 2 N–H and O–H groups in total. The lowest BCUT2D eigenvalue weighted by Gasteiger charge is -2.03. The van der Waals surface area contributed by atoms with Crippen LogP contribution in [0.5, 0.6) is 0 Å². The highest BCUT2D eigenvalue weighted by atomic mass is 16.5. The van der Waals surface area contributed by atoms with Crippen LogP contribution in [0.3, 0.4) is 0 Å². The number of hydrogen-bond donors (Lipinski definition) is 1. The molecule has 1 heterocycles. The highest BCUT2D eigenvalue weighted by molar-refractivity contribution is 5.30. The van der Waals surface area contributed by atoms with Crippen LogP contribution in [0.25, 0.3) is 0 Å². The van der Waals surface area contributed by atoms with Gasteiger partial charge in [-0.05, 0) is 5.56 Å². The van der Waals surface area contributed by atoms with E-state index < -0.39 is 0 Å². The van der Waals surface area contributed by atoms with Crippen molar-refractivity contribution in [1.29, 1.82) is 0 Å². The van der Waals surface area contributed by atoms with E-state index in [1.807, 2.05) is 30.3 Å². The van der Waals surface area contributed by atoms with Crippen LogP contribution < -0.4 is 5.73 Å². The Balaban J connectivity index is 1.80. The summed E-state index contributed by atoms with van der Waals surface area (Å²) >= 11 is 0. The molecule has 2 aromatic rings. The lowest BCUT2D eigenvalue weighted by molar-refractivity contribution is 0.0561. The number of anilines is 1. The van der Waals surface area contributed by atoms with Gasteiger partial charge in [-0.15, -0.1) is 0 Å². The predicted molar refractivity (Wildman–Crippen MR) is 57.9 cm³/mol. The Hall–Kier alpha value is -1.81. The first-order valence-electron chi connectivity index (χ1n) is 4.74. The second-order valence-electron chi connectivity index (χ2n) is 3.28. The fourth-order valence-electron chi connectivity index (χ4n) is 1.28. The van der Waals surface area contributed by atoms with Gasteiger partial charge < -0.3 is 10.5 Å². The molecule has 15 heavy (non-hydrogen) atoms. The molecule has 0 bridgehead atoms. The number of benzene rings is 1. The van der Waals surface area contributed by atoms with Crippen molar-refractivity contribution in [2.45, 2.75) is 13.3 Å². The van der Waals surface area contributed by atoms with Crippen LogP contribution in [0.15, 0.2) is 42.7 Å². The Morgan fingerprint density at radius 3 is 2.73 bits per heavy atom. The van der Waals surface area contributed by atoms with Gasteiger partial charge in [0.2, 0.25) is 0 Å². The zero-order chi connectivity index (χ0) is 10.5. The van der Waals surface area contributed by atoms with Crippen LogP contribution in [0, 0.1) is 0 Å². The van der Waals surface area contributed by atoms with Gasteiger partial charge >= 0.3 is 0 Å². The van der Waals surface area contributed by atoms with Crippen molar-refractivity contribution >= 4 is 5.69 Å². The van der Waals surface area contributed by atoms with E-state index in [9.17, 15) is 0 Å². The molecule has 0 unspecified atom stereocenters. The molecule has 0 radical (unpaired) electrons. The zero-order valence-electron chi connectivity index (χ0n) is 8.34. The third kappa shape index (κ3) is 2.82. The summed E-state index contributed by atoms with van der Waals surface area (Å²) in [6.45, 7) is 1.01. The summed E-state index contributed by atoms with van der Waals surface area (Å²) in [6, 6.07) is 10.0. The minimum Gasteiger partial charge on any atom is -0.396 e. The fraction of sp³-hybridized carbons (Fsp3) is 0.182. The Labute approximate surface area is 88.3 Å². The van der Waals surface area contributed by atoms with E-state index in [1.165, 1.54) is 0 Å². The molecule has 0 saturated heterocycles. The number of ether oxygens (including phenoxy) is 1. The molecule has 0 saturated carbocycles. The number of nitrogens with zero attached hydrogens (tertiary/aromatic N) is 2. The summed E-state index contributed by atoms with van der Waals surface area (Å²) in [5.41, 5.74) is 7.32. The second-order valence-corrected chi connectivity index (χ2v) is 3.28. The number of rotatable bonds is 4. The monoisotopic (exact) mass is 203 g/mol. The van der Waals surface area contributed by atoms with E-state index >= 15 is 0 Å². The smallest absolute Gasteiger partial charge is 0.139 e. The second kappa shape index (κ2) is 4.61. The highest BCUT2D eigenvalue weighted by Crippen LogP contribution is 2.02.